The van der Waals surface area contributed by atoms with Crippen LogP contribution in [0, 0.1) is 6.92 Å². The maximum absolute atomic E-state index is 11.9. The van der Waals surface area contributed by atoms with Crippen molar-refractivity contribution in [3.63, 3.8) is 0 Å². The van der Waals surface area contributed by atoms with Crippen molar-refractivity contribution in [1.29, 1.82) is 0 Å². The molecule has 0 bridgehead atoms. The Kier molecular flexibility index (Phi) is 7.46. The fourth-order valence-corrected chi connectivity index (χ4v) is 2.72. The lowest BCUT2D eigenvalue weighted by atomic mass is 10.1. The molecule has 0 saturated heterocycles. The van der Waals surface area contributed by atoms with E-state index in [-0.39, 0.29) is 5.56 Å². The van der Waals surface area contributed by atoms with E-state index in [1.165, 1.54) is 26.4 Å². The Hall–Kier alpha value is -2.99. The van der Waals surface area contributed by atoms with Crippen LogP contribution in [0.1, 0.15) is 28.4 Å². The fraction of sp³-hybridized carbons (Fsp3) is 0.238. The van der Waals surface area contributed by atoms with Crippen LogP contribution in [-0.2, 0) is 14.3 Å². The van der Waals surface area contributed by atoms with E-state index in [2.05, 4.69) is 5.32 Å². The summed E-state index contributed by atoms with van der Waals surface area (Å²) in [6, 6.07) is 8.83. The van der Waals surface area contributed by atoms with E-state index >= 15 is 0 Å². The van der Waals surface area contributed by atoms with Gasteiger partial charge in [0.1, 0.15) is 11.3 Å². The average molecular weight is 404 g/mol. The first kappa shape index (κ1) is 21.3. The largest absolute Gasteiger partial charge is 0.496 e. The van der Waals surface area contributed by atoms with Crippen LogP contribution < -0.4 is 10.1 Å². The molecule has 0 spiro atoms. The molecule has 0 aliphatic carbocycles. The molecule has 7 heteroatoms. The Morgan fingerprint density at radius 3 is 2.54 bits per heavy atom. The molecule has 6 nitrogen and oxygen atoms in total. The Morgan fingerprint density at radius 2 is 1.89 bits per heavy atom. The van der Waals surface area contributed by atoms with Gasteiger partial charge < -0.3 is 19.5 Å². The van der Waals surface area contributed by atoms with Gasteiger partial charge in [0.15, 0.2) is 0 Å². The molecule has 2 aromatic rings. The van der Waals surface area contributed by atoms with Crippen LogP contribution in [0.2, 0.25) is 5.02 Å². The number of rotatable bonds is 7. The number of hydrogen-bond acceptors (Lipinski definition) is 6. The monoisotopic (exact) mass is 403 g/mol. The first-order chi connectivity index (χ1) is 13.4. The van der Waals surface area contributed by atoms with Crippen molar-refractivity contribution in [3.05, 3.63) is 58.1 Å². The minimum Gasteiger partial charge on any atom is -0.496 e. The Bertz CT molecular complexity index is 908. The summed E-state index contributed by atoms with van der Waals surface area (Å²) in [6.07, 6.45) is 3.02. The molecule has 0 radical (unpaired) electrons. The third-order valence-corrected chi connectivity index (χ3v) is 4.17. The molecule has 2 aromatic carbocycles. The maximum Gasteiger partial charge on any atom is 0.341 e. The molecule has 1 N–H and O–H groups in total. The minimum atomic E-state index is -0.543. The third kappa shape index (κ3) is 5.27. The van der Waals surface area contributed by atoms with Crippen molar-refractivity contribution in [2.75, 3.05) is 26.1 Å². The Labute approximate surface area is 169 Å². The average Bonchev–Trinajstić information content (AvgIpc) is 2.68. The van der Waals surface area contributed by atoms with Gasteiger partial charge in [-0.2, -0.15) is 0 Å². The van der Waals surface area contributed by atoms with Gasteiger partial charge in [0, 0.05) is 17.8 Å². The molecule has 0 aliphatic heterocycles. The SMILES string of the molecule is CCOC(=O)/C=C/c1ccc(C)cc1Nc1cc(OC)c(C(=O)OC)cc1Cl. The zero-order valence-electron chi connectivity index (χ0n) is 16.2. The number of halogens is 1. The van der Waals surface area contributed by atoms with E-state index in [1.54, 1.807) is 19.1 Å². The second-order valence-corrected chi connectivity index (χ2v) is 6.23. The molecule has 148 valence electrons. The first-order valence-corrected chi connectivity index (χ1v) is 8.95. The second kappa shape index (κ2) is 9.80. The van der Waals surface area contributed by atoms with Gasteiger partial charge in [0.2, 0.25) is 0 Å². The summed E-state index contributed by atoms with van der Waals surface area (Å²) in [5, 5.41) is 3.55. The zero-order chi connectivity index (χ0) is 20.7. The lowest BCUT2D eigenvalue weighted by molar-refractivity contribution is -0.137. The van der Waals surface area contributed by atoms with Crippen LogP contribution in [0.5, 0.6) is 5.75 Å². The summed E-state index contributed by atoms with van der Waals surface area (Å²) in [6.45, 7) is 4.01. The van der Waals surface area contributed by atoms with Crippen molar-refractivity contribution in [1.82, 2.24) is 0 Å². The van der Waals surface area contributed by atoms with Gasteiger partial charge in [-0.05, 0) is 43.2 Å². The van der Waals surface area contributed by atoms with Crippen LogP contribution in [0.25, 0.3) is 6.08 Å². The summed E-state index contributed by atoms with van der Waals surface area (Å²) in [7, 11) is 2.75. The van der Waals surface area contributed by atoms with E-state index in [0.29, 0.717) is 23.1 Å². The molecule has 0 aromatic heterocycles. The van der Waals surface area contributed by atoms with Crippen molar-refractivity contribution in [2.45, 2.75) is 13.8 Å². The number of benzene rings is 2. The van der Waals surface area contributed by atoms with Gasteiger partial charge in [-0.25, -0.2) is 9.59 Å². The normalized spacial score (nSPS) is 10.6. The highest BCUT2D eigenvalue weighted by Gasteiger charge is 2.17. The maximum atomic E-state index is 11.9. The molecule has 0 atom stereocenters. The number of anilines is 2. The highest BCUT2D eigenvalue weighted by Crippen LogP contribution is 2.34. The van der Waals surface area contributed by atoms with Crippen LogP contribution in [0.3, 0.4) is 0 Å². The number of methoxy groups -OCH3 is 2. The number of aryl methyl sites for hydroxylation is 1. The molecular formula is C21H22ClNO5. The number of esters is 2. The smallest absolute Gasteiger partial charge is 0.341 e. The molecule has 28 heavy (non-hydrogen) atoms. The van der Waals surface area contributed by atoms with Crippen molar-refractivity contribution >= 4 is 41.0 Å². The zero-order valence-corrected chi connectivity index (χ0v) is 16.9. The summed E-state index contributed by atoms with van der Waals surface area (Å²) >= 11 is 6.35. The van der Waals surface area contributed by atoms with Gasteiger partial charge in [-0.15, -0.1) is 0 Å². The van der Waals surface area contributed by atoms with Crippen LogP contribution in [0.4, 0.5) is 11.4 Å². The highest BCUT2D eigenvalue weighted by molar-refractivity contribution is 6.33. The number of ether oxygens (including phenoxy) is 3. The van der Waals surface area contributed by atoms with Gasteiger partial charge in [-0.3, -0.25) is 0 Å². The molecule has 0 unspecified atom stereocenters. The number of carbonyl (C=O) groups excluding carboxylic acids is 2. The quantitative estimate of drug-likeness (QED) is 0.530. The second-order valence-electron chi connectivity index (χ2n) is 5.83. The summed E-state index contributed by atoms with van der Waals surface area (Å²) in [4.78, 5) is 23.5. The third-order valence-electron chi connectivity index (χ3n) is 3.86. The van der Waals surface area contributed by atoms with Crippen molar-refractivity contribution < 1.29 is 23.8 Å². The van der Waals surface area contributed by atoms with Gasteiger partial charge >= 0.3 is 11.9 Å². The van der Waals surface area contributed by atoms with Crippen molar-refractivity contribution in [2.24, 2.45) is 0 Å². The molecule has 2 rings (SSSR count). The lowest BCUT2D eigenvalue weighted by Crippen LogP contribution is -2.05. The van der Waals surface area contributed by atoms with Crippen molar-refractivity contribution in [3.8, 4) is 5.75 Å². The Morgan fingerprint density at radius 1 is 1.14 bits per heavy atom. The summed E-state index contributed by atoms with van der Waals surface area (Å²) in [5.41, 5.74) is 3.29. The molecule has 0 saturated carbocycles. The number of nitrogens with one attached hydrogen (secondary N) is 1. The van der Waals surface area contributed by atoms with Crippen LogP contribution in [-0.4, -0.2) is 32.8 Å². The Balaban J connectivity index is 2.41. The van der Waals surface area contributed by atoms with E-state index in [4.69, 9.17) is 25.8 Å². The predicted molar refractivity (Wildman–Crippen MR) is 109 cm³/mol. The van der Waals surface area contributed by atoms with Gasteiger partial charge in [0.25, 0.3) is 0 Å². The molecular weight excluding hydrogens is 382 g/mol. The molecule has 0 fully saturated rings. The van der Waals surface area contributed by atoms with E-state index in [9.17, 15) is 9.59 Å². The first-order valence-electron chi connectivity index (χ1n) is 8.58. The van der Waals surface area contributed by atoms with Gasteiger partial charge in [-0.1, -0.05) is 23.7 Å². The standard InChI is InChI=1S/C21H22ClNO5/c1-5-28-20(24)9-8-14-7-6-13(2)10-17(14)23-18-12-19(26-3)15(11-16(18)22)21(25)27-4/h6-12,23H,5H2,1-4H3/b9-8+. The van der Waals surface area contributed by atoms with Crippen LogP contribution in [0.15, 0.2) is 36.4 Å². The molecule has 0 aliphatic rings. The minimum absolute atomic E-state index is 0.229. The van der Waals surface area contributed by atoms with E-state index in [1.807, 2.05) is 25.1 Å². The summed E-state index contributed by atoms with van der Waals surface area (Å²) < 4.78 is 15.0. The fourth-order valence-electron chi connectivity index (χ4n) is 2.50. The van der Waals surface area contributed by atoms with Crippen LogP contribution >= 0.6 is 11.6 Å². The van der Waals surface area contributed by atoms with Gasteiger partial charge in [0.05, 0.1) is 31.5 Å². The number of hydrogen-bond donors (Lipinski definition) is 1. The topological polar surface area (TPSA) is 73.9 Å². The van der Waals surface area contributed by atoms with E-state index in [0.717, 1.165) is 16.8 Å². The molecule has 0 heterocycles. The van der Waals surface area contributed by atoms with E-state index < -0.39 is 11.9 Å². The number of carbonyl (C=O) groups is 2. The predicted octanol–water partition coefficient (Wildman–Crippen LogP) is 4.76. The molecule has 0 amide bonds. The summed E-state index contributed by atoms with van der Waals surface area (Å²) in [5.74, 6) is -0.634. The highest BCUT2D eigenvalue weighted by atomic mass is 35.5. The lowest BCUT2D eigenvalue weighted by Gasteiger charge is -2.15.